The summed E-state index contributed by atoms with van der Waals surface area (Å²) in [5.74, 6) is -2.56. The van der Waals surface area contributed by atoms with Gasteiger partial charge >= 0.3 is 0 Å². The third-order valence-electron chi connectivity index (χ3n) is 8.51. The molecule has 5 rings (SSSR count). The zero-order valence-electron chi connectivity index (χ0n) is 25.5. The zero-order chi connectivity index (χ0) is 32.2. The van der Waals surface area contributed by atoms with Crippen LogP contribution in [0.3, 0.4) is 0 Å². The number of piperidine rings is 1. The van der Waals surface area contributed by atoms with Gasteiger partial charge in [-0.1, -0.05) is 29.8 Å². The van der Waals surface area contributed by atoms with Crippen molar-refractivity contribution in [2.45, 2.75) is 45.7 Å². The fourth-order valence-electron chi connectivity index (χ4n) is 5.94. The van der Waals surface area contributed by atoms with E-state index in [-0.39, 0.29) is 17.5 Å². The third-order valence-corrected chi connectivity index (χ3v) is 8.76. The Balaban J connectivity index is 1.38. The van der Waals surface area contributed by atoms with Crippen LogP contribution < -0.4 is 10.9 Å². The number of aromatic nitrogens is 2. The predicted octanol–water partition coefficient (Wildman–Crippen LogP) is 5.72. The SMILES string of the molecule is CC(=O)Nc1ccc(-n2c(=O)c(CN(CCc3ccc(Cl)cc3)C3CCN(C(=O)c4c(F)cccc4F)CC3)c(C)n2C)cc1. The lowest BCUT2D eigenvalue weighted by molar-refractivity contribution is -0.114. The minimum absolute atomic E-state index is 0.0382. The van der Waals surface area contributed by atoms with Gasteiger partial charge in [-0.2, -0.15) is 0 Å². The molecule has 1 fully saturated rings. The Morgan fingerprint density at radius 2 is 1.60 bits per heavy atom. The Kier molecular flexibility index (Phi) is 9.84. The smallest absolute Gasteiger partial charge is 0.276 e. The van der Waals surface area contributed by atoms with Crippen molar-refractivity contribution in [3.63, 3.8) is 0 Å². The first-order chi connectivity index (χ1) is 21.5. The van der Waals surface area contributed by atoms with Crippen LogP contribution in [0.15, 0.2) is 71.5 Å². The molecular weight excluding hydrogens is 600 g/mol. The first-order valence-corrected chi connectivity index (χ1v) is 15.3. The van der Waals surface area contributed by atoms with E-state index in [0.29, 0.717) is 61.0 Å². The molecule has 2 heterocycles. The number of anilines is 1. The van der Waals surface area contributed by atoms with Gasteiger partial charge in [0, 0.05) is 62.6 Å². The minimum atomic E-state index is -0.868. The summed E-state index contributed by atoms with van der Waals surface area (Å²) in [6.45, 7) is 5.08. The van der Waals surface area contributed by atoms with Crippen LogP contribution in [0.4, 0.5) is 14.5 Å². The molecule has 0 radical (unpaired) electrons. The van der Waals surface area contributed by atoms with Gasteiger partial charge in [0.25, 0.3) is 11.5 Å². The molecule has 0 spiro atoms. The average molecular weight is 636 g/mol. The van der Waals surface area contributed by atoms with Gasteiger partial charge in [-0.15, -0.1) is 0 Å². The molecule has 3 aromatic carbocycles. The molecule has 0 bridgehead atoms. The maximum atomic E-state index is 14.3. The van der Waals surface area contributed by atoms with Crippen LogP contribution in [-0.4, -0.2) is 56.7 Å². The van der Waals surface area contributed by atoms with E-state index < -0.39 is 23.1 Å². The molecule has 0 unspecified atom stereocenters. The van der Waals surface area contributed by atoms with E-state index >= 15 is 0 Å². The second kappa shape index (κ2) is 13.8. The number of likely N-dealkylation sites (tertiary alicyclic amines) is 1. The van der Waals surface area contributed by atoms with Crippen LogP contribution in [0.5, 0.6) is 0 Å². The quantitative estimate of drug-likeness (QED) is 0.255. The molecular formula is C34H36ClF2N5O3. The van der Waals surface area contributed by atoms with Gasteiger partial charge in [-0.25, -0.2) is 13.5 Å². The Morgan fingerprint density at radius 3 is 2.20 bits per heavy atom. The number of rotatable bonds is 9. The number of carbonyl (C=O) groups excluding carboxylic acids is 2. The van der Waals surface area contributed by atoms with Gasteiger partial charge in [-0.05, 0) is 80.3 Å². The lowest BCUT2D eigenvalue weighted by Crippen LogP contribution is -2.47. The number of amides is 2. The highest BCUT2D eigenvalue weighted by Gasteiger charge is 2.31. The van der Waals surface area contributed by atoms with Crippen LogP contribution >= 0.6 is 11.6 Å². The number of hydrogen-bond acceptors (Lipinski definition) is 4. The fraction of sp³-hybridized carbons (Fsp3) is 0.324. The molecule has 2 amide bonds. The molecule has 236 valence electrons. The Morgan fingerprint density at radius 1 is 0.978 bits per heavy atom. The maximum absolute atomic E-state index is 14.3. The number of halogens is 3. The molecule has 0 atom stereocenters. The third kappa shape index (κ3) is 7.18. The number of nitrogens with one attached hydrogen (secondary N) is 1. The van der Waals surface area contributed by atoms with Crippen molar-refractivity contribution in [2.75, 3.05) is 25.0 Å². The largest absolute Gasteiger partial charge is 0.338 e. The fourth-order valence-corrected chi connectivity index (χ4v) is 6.06. The van der Waals surface area contributed by atoms with Crippen LogP contribution in [0.2, 0.25) is 5.02 Å². The Hall–Kier alpha value is -4.28. The molecule has 1 aliphatic heterocycles. The number of carbonyl (C=O) groups is 2. The molecule has 45 heavy (non-hydrogen) atoms. The minimum Gasteiger partial charge on any atom is -0.338 e. The van der Waals surface area contributed by atoms with Crippen molar-refractivity contribution in [3.05, 3.63) is 116 Å². The van der Waals surface area contributed by atoms with Crippen molar-refractivity contribution in [1.82, 2.24) is 19.2 Å². The molecule has 1 aliphatic rings. The average Bonchev–Trinajstić information content (AvgIpc) is 3.22. The van der Waals surface area contributed by atoms with E-state index in [9.17, 15) is 23.2 Å². The summed E-state index contributed by atoms with van der Waals surface area (Å²) in [6, 6.07) is 18.2. The highest BCUT2D eigenvalue weighted by molar-refractivity contribution is 6.30. The Labute approximate surface area is 265 Å². The second-order valence-corrected chi connectivity index (χ2v) is 11.8. The van der Waals surface area contributed by atoms with E-state index in [1.54, 1.807) is 28.9 Å². The van der Waals surface area contributed by atoms with Crippen LogP contribution in [0, 0.1) is 18.6 Å². The number of hydrogen-bond donors (Lipinski definition) is 1. The summed E-state index contributed by atoms with van der Waals surface area (Å²) >= 11 is 6.09. The standard InChI is InChI=1S/C34H36ClF2N5O3/c1-22-29(33(44)42(39(22)3)28-13-11-26(12-14-28)38-23(2)43)21-41(18-15-24-7-9-25(35)10-8-24)27-16-19-40(20-17-27)34(45)32-30(36)5-4-6-31(32)37/h4-14,27H,15-21H2,1-3H3,(H,38,43). The summed E-state index contributed by atoms with van der Waals surface area (Å²) in [6.07, 6.45) is 1.90. The monoisotopic (exact) mass is 635 g/mol. The molecule has 1 N–H and O–H groups in total. The molecule has 8 nitrogen and oxygen atoms in total. The van der Waals surface area contributed by atoms with Gasteiger partial charge in [-0.3, -0.25) is 24.0 Å². The second-order valence-electron chi connectivity index (χ2n) is 11.4. The Bertz CT molecular complexity index is 1720. The zero-order valence-corrected chi connectivity index (χ0v) is 26.3. The topological polar surface area (TPSA) is 79.6 Å². The van der Waals surface area contributed by atoms with Crippen molar-refractivity contribution in [3.8, 4) is 5.69 Å². The molecule has 4 aromatic rings. The van der Waals surface area contributed by atoms with Crippen molar-refractivity contribution < 1.29 is 18.4 Å². The van der Waals surface area contributed by atoms with Gasteiger partial charge in [0.1, 0.15) is 17.2 Å². The van der Waals surface area contributed by atoms with Crippen LogP contribution in [0.1, 0.15) is 46.9 Å². The van der Waals surface area contributed by atoms with Crippen LogP contribution in [-0.2, 0) is 24.8 Å². The molecule has 1 aromatic heterocycles. The first kappa shape index (κ1) is 32.1. The van der Waals surface area contributed by atoms with E-state index in [2.05, 4.69) is 10.2 Å². The number of benzene rings is 3. The predicted molar refractivity (Wildman–Crippen MR) is 171 cm³/mol. The van der Waals surface area contributed by atoms with Crippen molar-refractivity contribution in [2.24, 2.45) is 7.05 Å². The highest BCUT2D eigenvalue weighted by Crippen LogP contribution is 2.24. The van der Waals surface area contributed by atoms with E-state index in [4.69, 9.17) is 11.6 Å². The van der Waals surface area contributed by atoms with Gasteiger partial charge in [0.15, 0.2) is 0 Å². The molecule has 1 saturated heterocycles. The van der Waals surface area contributed by atoms with Gasteiger partial charge < -0.3 is 10.2 Å². The summed E-state index contributed by atoms with van der Waals surface area (Å²) in [4.78, 5) is 42.1. The van der Waals surface area contributed by atoms with Crippen molar-refractivity contribution >= 4 is 29.1 Å². The summed E-state index contributed by atoms with van der Waals surface area (Å²) < 4.78 is 32.1. The highest BCUT2D eigenvalue weighted by atomic mass is 35.5. The van der Waals surface area contributed by atoms with E-state index in [1.165, 1.54) is 17.9 Å². The molecule has 0 aliphatic carbocycles. The number of nitrogens with zero attached hydrogens (tertiary/aromatic N) is 4. The molecule has 0 saturated carbocycles. The normalized spacial score (nSPS) is 13.8. The lowest BCUT2D eigenvalue weighted by Gasteiger charge is -2.38. The van der Waals surface area contributed by atoms with Crippen LogP contribution in [0.25, 0.3) is 5.69 Å². The summed E-state index contributed by atoms with van der Waals surface area (Å²) in [5.41, 5.74) is 3.24. The lowest BCUT2D eigenvalue weighted by atomic mass is 10.00. The van der Waals surface area contributed by atoms with Gasteiger partial charge in [0.2, 0.25) is 5.91 Å². The van der Waals surface area contributed by atoms with E-state index in [1.807, 2.05) is 42.9 Å². The molecule has 11 heteroatoms. The summed E-state index contributed by atoms with van der Waals surface area (Å²) in [5, 5.41) is 3.40. The summed E-state index contributed by atoms with van der Waals surface area (Å²) in [7, 11) is 1.84. The first-order valence-electron chi connectivity index (χ1n) is 14.9. The maximum Gasteiger partial charge on any atom is 0.276 e. The van der Waals surface area contributed by atoms with E-state index in [0.717, 1.165) is 29.8 Å². The van der Waals surface area contributed by atoms with Crippen molar-refractivity contribution in [1.29, 1.82) is 0 Å². The van der Waals surface area contributed by atoms with Gasteiger partial charge in [0.05, 0.1) is 11.3 Å².